The molecule has 7 heteroatoms. The molecule has 0 saturated carbocycles. The van der Waals surface area contributed by atoms with Crippen LogP contribution in [0.25, 0.3) is 6.08 Å². The lowest BCUT2D eigenvalue weighted by Crippen LogP contribution is -2.32. The van der Waals surface area contributed by atoms with Crippen LogP contribution in [0.4, 0.5) is 13.6 Å². The molecular weight excluding hydrogens is 322 g/mol. The van der Waals surface area contributed by atoms with E-state index in [4.69, 9.17) is 5.73 Å². The first-order valence-electron chi connectivity index (χ1n) is 6.61. The van der Waals surface area contributed by atoms with E-state index in [1.807, 2.05) is 0 Å². The van der Waals surface area contributed by atoms with Gasteiger partial charge in [0.25, 0.3) is 0 Å². The first-order valence-corrected chi connectivity index (χ1v) is 7.43. The van der Waals surface area contributed by atoms with Gasteiger partial charge in [-0.3, -0.25) is 5.21 Å². The van der Waals surface area contributed by atoms with E-state index in [2.05, 4.69) is 0 Å². The lowest BCUT2D eigenvalue weighted by Gasteiger charge is -2.09. The number of rotatable bonds is 5. The highest BCUT2D eigenvalue weighted by Gasteiger charge is 2.09. The molecule has 2 aromatic rings. The van der Waals surface area contributed by atoms with Crippen LogP contribution in [0.5, 0.6) is 0 Å². The Morgan fingerprint density at radius 1 is 1.22 bits per heavy atom. The fourth-order valence-electron chi connectivity index (χ4n) is 1.75. The van der Waals surface area contributed by atoms with Gasteiger partial charge in [-0.15, -0.1) is 0 Å². The Kier molecular flexibility index (Phi) is 5.72. The number of primary amides is 1. The summed E-state index contributed by atoms with van der Waals surface area (Å²) < 4.78 is 27.0. The van der Waals surface area contributed by atoms with Crippen LogP contribution in [-0.4, -0.2) is 22.8 Å². The summed E-state index contributed by atoms with van der Waals surface area (Å²) in [6.45, 7) is -0.119. The van der Waals surface area contributed by atoms with Crippen LogP contribution in [0.3, 0.4) is 0 Å². The zero-order valence-electron chi connectivity index (χ0n) is 11.9. The highest BCUT2D eigenvalue weighted by Crippen LogP contribution is 2.33. The van der Waals surface area contributed by atoms with Gasteiger partial charge in [0.1, 0.15) is 11.6 Å². The van der Waals surface area contributed by atoms with Crippen LogP contribution in [-0.2, 0) is 0 Å². The second kappa shape index (κ2) is 7.75. The van der Waals surface area contributed by atoms with Crippen molar-refractivity contribution in [3.05, 3.63) is 65.7 Å². The first-order chi connectivity index (χ1) is 11.0. The molecule has 0 spiro atoms. The van der Waals surface area contributed by atoms with Gasteiger partial charge in [0, 0.05) is 4.90 Å². The van der Waals surface area contributed by atoms with E-state index in [1.165, 1.54) is 24.3 Å². The summed E-state index contributed by atoms with van der Waals surface area (Å²) in [5.74, 6) is -0.783. The molecule has 0 aliphatic heterocycles. The summed E-state index contributed by atoms with van der Waals surface area (Å²) in [6, 6.07) is 9.31. The Hall–Kier alpha value is -2.38. The van der Waals surface area contributed by atoms with Gasteiger partial charge in [0.05, 0.1) is 11.4 Å². The minimum Gasteiger partial charge on any atom is -0.350 e. The third kappa shape index (κ3) is 4.80. The number of urea groups is 1. The molecule has 0 aromatic heterocycles. The summed E-state index contributed by atoms with van der Waals surface area (Å²) >= 11 is 1.15. The molecule has 0 fully saturated rings. The maximum absolute atomic E-state index is 14.1. The second-order valence-corrected chi connectivity index (χ2v) is 5.62. The second-order valence-electron chi connectivity index (χ2n) is 4.54. The Morgan fingerprint density at radius 3 is 2.57 bits per heavy atom. The molecule has 0 saturated heterocycles. The number of carbonyl (C=O) groups excluding carboxylic acids is 1. The van der Waals surface area contributed by atoms with Crippen molar-refractivity contribution in [2.75, 3.05) is 6.54 Å². The SMILES string of the molecule is NC(=O)N(O)C/C=C/c1cccc(F)c1Sc1ccc(F)cc1. The maximum Gasteiger partial charge on any atom is 0.338 e. The van der Waals surface area contributed by atoms with Crippen molar-refractivity contribution in [2.24, 2.45) is 5.73 Å². The predicted octanol–water partition coefficient (Wildman–Crippen LogP) is 3.90. The van der Waals surface area contributed by atoms with Crippen molar-refractivity contribution >= 4 is 23.9 Å². The Labute approximate surface area is 136 Å². The third-order valence-electron chi connectivity index (χ3n) is 2.86. The van der Waals surface area contributed by atoms with Gasteiger partial charge < -0.3 is 5.73 Å². The Balaban J connectivity index is 2.20. The van der Waals surface area contributed by atoms with Crippen LogP contribution in [0.2, 0.25) is 0 Å². The molecule has 0 aliphatic carbocycles. The molecule has 120 valence electrons. The number of hydroxylamine groups is 2. The van der Waals surface area contributed by atoms with E-state index >= 15 is 0 Å². The molecule has 0 bridgehead atoms. The summed E-state index contributed by atoms with van der Waals surface area (Å²) in [5, 5.41) is 9.52. The number of halogens is 2. The lowest BCUT2D eigenvalue weighted by molar-refractivity contribution is -0.0286. The van der Waals surface area contributed by atoms with E-state index in [-0.39, 0.29) is 12.4 Å². The molecule has 0 radical (unpaired) electrons. The van der Waals surface area contributed by atoms with Crippen LogP contribution in [0, 0.1) is 11.6 Å². The number of carbonyl (C=O) groups is 1. The van der Waals surface area contributed by atoms with Crippen molar-refractivity contribution in [2.45, 2.75) is 9.79 Å². The summed E-state index contributed by atoms with van der Waals surface area (Å²) in [5.41, 5.74) is 5.46. The molecule has 0 aliphatic rings. The van der Waals surface area contributed by atoms with Gasteiger partial charge in [-0.2, -0.15) is 0 Å². The summed E-state index contributed by atoms with van der Waals surface area (Å²) in [7, 11) is 0. The predicted molar refractivity (Wildman–Crippen MR) is 84.0 cm³/mol. The molecule has 23 heavy (non-hydrogen) atoms. The van der Waals surface area contributed by atoms with Crippen molar-refractivity contribution in [1.29, 1.82) is 0 Å². The summed E-state index contributed by atoms with van der Waals surface area (Å²) in [6.07, 6.45) is 3.05. The first kappa shape index (κ1) is 17.0. The van der Waals surface area contributed by atoms with E-state index in [0.717, 1.165) is 11.8 Å². The fraction of sp³-hybridized carbons (Fsp3) is 0.0625. The van der Waals surface area contributed by atoms with Crippen LogP contribution >= 0.6 is 11.8 Å². The molecular formula is C16H14F2N2O2S. The van der Waals surface area contributed by atoms with Gasteiger partial charge in [-0.25, -0.2) is 18.6 Å². The Morgan fingerprint density at radius 2 is 1.91 bits per heavy atom. The van der Waals surface area contributed by atoms with Gasteiger partial charge >= 0.3 is 6.03 Å². The van der Waals surface area contributed by atoms with Crippen LogP contribution in [0.1, 0.15) is 5.56 Å². The smallest absolute Gasteiger partial charge is 0.338 e. The van der Waals surface area contributed by atoms with Crippen LogP contribution in [0.15, 0.2) is 58.3 Å². The van der Waals surface area contributed by atoms with E-state index < -0.39 is 11.8 Å². The van der Waals surface area contributed by atoms with E-state index in [0.29, 0.717) is 20.4 Å². The standard InChI is InChI=1S/C16H14F2N2O2S/c17-12-6-8-13(9-7-12)23-15-11(3-1-5-14(15)18)4-2-10-20(22)16(19)21/h1-9,22H,10H2,(H2,19,21)/b4-2+. The van der Waals surface area contributed by atoms with Crippen molar-refractivity contribution in [3.63, 3.8) is 0 Å². The average molecular weight is 336 g/mol. The highest BCUT2D eigenvalue weighted by molar-refractivity contribution is 7.99. The van der Waals surface area contributed by atoms with Crippen LogP contribution < -0.4 is 5.73 Å². The molecule has 0 atom stereocenters. The minimum absolute atomic E-state index is 0.119. The fourth-order valence-corrected chi connectivity index (χ4v) is 2.68. The number of benzene rings is 2. The number of nitrogens with two attached hydrogens (primary N) is 1. The monoisotopic (exact) mass is 336 g/mol. The number of hydrogen-bond donors (Lipinski definition) is 2. The molecule has 3 N–H and O–H groups in total. The molecule has 2 rings (SSSR count). The number of amides is 2. The number of nitrogens with zero attached hydrogens (tertiary/aromatic N) is 1. The lowest BCUT2D eigenvalue weighted by atomic mass is 10.2. The van der Waals surface area contributed by atoms with E-state index in [9.17, 15) is 18.8 Å². The summed E-state index contributed by atoms with van der Waals surface area (Å²) in [4.78, 5) is 11.7. The Bertz CT molecular complexity index is 721. The molecule has 2 aromatic carbocycles. The van der Waals surface area contributed by atoms with Crippen molar-refractivity contribution < 1.29 is 18.8 Å². The zero-order valence-corrected chi connectivity index (χ0v) is 12.8. The molecule has 4 nitrogen and oxygen atoms in total. The quantitative estimate of drug-likeness (QED) is 0.643. The topological polar surface area (TPSA) is 66.6 Å². The van der Waals surface area contributed by atoms with Gasteiger partial charge in [0.15, 0.2) is 0 Å². The van der Waals surface area contributed by atoms with Gasteiger partial charge in [0.2, 0.25) is 0 Å². The third-order valence-corrected chi connectivity index (χ3v) is 4.00. The van der Waals surface area contributed by atoms with Crippen molar-refractivity contribution in [1.82, 2.24) is 5.06 Å². The average Bonchev–Trinajstić information content (AvgIpc) is 2.52. The number of hydrogen-bond acceptors (Lipinski definition) is 3. The van der Waals surface area contributed by atoms with Gasteiger partial charge in [-0.1, -0.05) is 36.0 Å². The molecule has 0 heterocycles. The normalized spacial score (nSPS) is 10.9. The molecule has 2 amide bonds. The maximum atomic E-state index is 14.1. The minimum atomic E-state index is -0.977. The zero-order chi connectivity index (χ0) is 16.8. The molecule has 0 unspecified atom stereocenters. The van der Waals surface area contributed by atoms with Crippen molar-refractivity contribution in [3.8, 4) is 0 Å². The highest BCUT2D eigenvalue weighted by atomic mass is 32.2. The largest absolute Gasteiger partial charge is 0.350 e. The van der Waals surface area contributed by atoms with Gasteiger partial charge in [-0.05, 0) is 35.9 Å². The van der Waals surface area contributed by atoms with E-state index in [1.54, 1.807) is 30.3 Å².